The van der Waals surface area contributed by atoms with E-state index in [1.807, 2.05) is 13.8 Å². The van der Waals surface area contributed by atoms with Crippen LogP contribution in [0.1, 0.15) is 33.2 Å². The molecular formula is C19H21NO5. The van der Waals surface area contributed by atoms with Gasteiger partial charge in [-0.05, 0) is 49.7 Å². The van der Waals surface area contributed by atoms with Crippen LogP contribution in [-0.4, -0.2) is 32.7 Å². The van der Waals surface area contributed by atoms with E-state index in [0.29, 0.717) is 34.9 Å². The number of hydrogen-bond donors (Lipinski definition) is 1. The summed E-state index contributed by atoms with van der Waals surface area (Å²) >= 11 is 0. The van der Waals surface area contributed by atoms with Gasteiger partial charge in [-0.3, -0.25) is 4.79 Å². The van der Waals surface area contributed by atoms with Crippen molar-refractivity contribution in [1.29, 1.82) is 0 Å². The average Bonchev–Trinajstić information content (AvgIpc) is 2.63. The van der Waals surface area contributed by atoms with Gasteiger partial charge in [-0.15, -0.1) is 0 Å². The molecule has 0 atom stereocenters. The van der Waals surface area contributed by atoms with Gasteiger partial charge in [0.25, 0.3) is 5.91 Å². The molecule has 6 nitrogen and oxygen atoms in total. The van der Waals surface area contributed by atoms with Crippen molar-refractivity contribution in [2.45, 2.75) is 13.8 Å². The Balaban J connectivity index is 2.27. The summed E-state index contributed by atoms with van der Waals surface area (Å²) in [6.45, 7) is 4.16. The largest absolute Gasteiger partial charge is 0.493 e. The van der Waals surface area contributed by atoms with Crippen molar-refractivity contribution in [2.24, 2.45) is 0 Å². The molecule has 0 aliphatic carbocycles. The lowest BCUT2D eigenvalue weighted by Gasteiger charge is -2.13. The van der Waals surface area contributed by atoms with Gasteiger partial charge in [-0.1, -0.05) is 6.07 Å². The van der Waals surface area contributed by atoms with Crippen molar-refractivity contribution in [2.75, 3.05) is 26.1 Å². The molecule has 132 valence electrons. The monoisotopic (exact) mass is 343 g/mol. The van der Waals surface area contributed by atoms with Gasteiger partial charge in [0, 0.05) is 11.3 Å². The number of carbonyl (C=O) groups is 2. The van der Waals surface area contributed by atoms with E-state index in [0.717, 1.165) is 5.56 Å². The molecule has 0 saturated carbocycles. The summed E-state index contributed by atoms with van der Waals surface area (Å²) in [6.07, 6.45) is 0. The van der Waals surface area contributed by atoms with Crippen LogP contribution >= 0.6 is 0 Å². The summed E-state index contributed by atoms with van der Waals surface area (Å²) < 4.78 is 15.4. The highest BCUT2D eigenvalue weighted by Crippen LogP contribution is 2.28. The van der Waals surface area contributed by atoms with Crippen molar-refractivity contribution in [3.05, 3.63) is 53.1 Å². The minimum atomic E-state index is -0.460. The molecular weight excluding hydrogens is 322 g/mol. The SMILES string of the molecule is CCOc1cc(C(=O)Nc2cc(C(=O)OC)ccc2C)ccc1OC. The predicted molar refractivity (Wildman–Crippen MR) is 94.6 cm³/mol. The van der Waals surface area contributed by atoms with Gasteiger partial charge in [0.2, 0.25) is 0 Å². The summed E-state index contributed by atoms with van der Waals surface area (Å²) in [5.41, 5.74) is 2.17. The summed E-state index contributed by atoms with van der Waals surface area (Å²) in [5.74, 6) is 0.284. The summed E-state index contributed by atoms with van der Waals surface area (Å²) in [4.78, 5) is 24.2. The number of carbonyl (C=O) groups excluding carboxylic acids is 2. The van der Waals surface area contributed by atoms with E-state index in [4.69, 9.17) is 14.2 Å². The van der Waals surface area contributed by atoms with Gasteiger partial charge >= 0.3 is 5.97 Å². The smallest absolute Gasteiger partial charge is 0.337 e. The van der Waals surface area contributed by atoms with Gasteiger partial charge in [0.1, 0.15) is 0 Å². The fourth-order valence-electron chi connectivity index (χ4n) is 2.28. The Morgan fingerprint density at radius 3 is 2.36 bits per heavy atom. The number of ether oxygens (including phenoxy) is 3. The van der Waals surface area contributed by atoms with Crippen molar-refractivity contribution in [3.8, 4) is 11.5 Å². The molecule has 2 rings (SSSR count). The number of anilines is 1. The average molecular weight is 343 g/mol. The highest BCUT2D eigenvalue weighted by Gasteiger charge is 2.14. The fourth-order valence-corrected chi connectivity index (χ4v) is 2.28. The van der Waals surface area contributed by atoms with Crippen LogP contribution in [0, 0.1) is 6.92 Å². The van der Waals surface area contributed by atoms with Crippen LogP contribution in [0.5, 0.6) is 11.5 Å². The molecule has 2 aromatic rings. The number of benzene rings is 2. The summed E-state index contributed by atoms with van der Waals surface area (Å²) in [5, 5.41) is 2.81. The number of aryl methyl sites for hydroxylation is 1. The Kier molecular flexibility index (Phi) is 6.00. The molecule has 1 N–H and O–H groups in total. The molecule has 0 bridgehead atoms. The van der Waals surface area contributed by atoms with Gasteiger partial charge in [-0.25, -0.2) is 4.79 Å². The van der Waals surface area contributed by atoms with Crippen LogP contribution in [0.25, 0.3) is 0 Å². The zero-order valence-corrected chi connectivity index (χ0v) is 14.7. The Labute approximate surface area is 146 Å². The minimum absolute atomic E-state index is 0.311. The molecule has 25 heavy (non-hydrogen) atoms. The van der Waals surface area contributed by atoms with Crippen LogP contribution in [0.3, 0.4) is 0 Å². The fraction of sp³-hybridized carbons (Fsp3) is 0.263. The van der Waals surface area contributed by atoms with Crippen molar-refractivity contribution < 1.29 is 23.8 Å². The highest BCUT2D eigenvalue weighted by atomic mass is 16.5. The molecule has 0 aliphatic rings. The topological polar surface area (TPSA) is 73.9 Å². The molecule has 2 aromatic carbocycles. The van der Waals surface area contributed by atoms with Gasteiger partial charge in [0.05, 0.1) is 26.4 Å². The maximum atomic E-state index is 12.5. The number of amides is 1. The molecule has 0 saturated heterocycles. The maximum Gasteiger partial charge on any atom is 0.337 e. The normalized spacial score (nSPS) is 10.1. The third kappa shape index (κ3) is 4.29. The second kappa shape index (κ2) is 8.19. The zero-order chi connectivity index (χ0) is 18.4. The predicted octanol–water partition coefficient (Wildman–Crippen LogP) is 3.44. The third-order valence-corrected chi connectivity index (χ3v) is 3.63. The lowest BCUT2D eigenvalue weighted by Crippen LogP contribution is -2.14. The number of methoxy groups -OCH3 is 2. The van der Waals surface area contributed by atoms with E-state index < -0.39 is 5.97 Å². The number of rotatable bonds is 6. The van der Waals surface area contributed by atoms with Crippen LogP contribution in [0.4, 0.5) is 5.69 Å². The Hall–Kier alpha value is -3.02. The van der Waals surface area contributed by atoms with E-state index in [-0.39, 0.29) is 5.91 Å². The number of esters is 1. The quantitative estimate of drug-likeness (QED) is 0.813. The minimum Gasteiger partial charge on any atom is -0.493 e. The number of hydrogen-bond acceptors (Lipinski definition) is 5. The molecule has 0 heterocycles. The van der Waals surface area contributed by atoms with Gasteiger partial charge < -0.3 is 19.5 Å². The molecule has 0 aliphatic heterocycles. The van der Waals surface area contributed by atoms with E-state index in [9.17, 15) is 9.59 Å². The van der Waals surface area contributed by atoms with Gasteiger partial charge in [0.15, 0.2) is 11.5 Å². The van der Waals surface area contributed by atoms with E-state index in [1.165, 1.54) is 7.11 Å². The third-order valence-electron chi connectivity index (χ3n) is 3.63. The maximum absolute atomic E-state index is 12.5. The molecule has 0 fully saturated rings. The van der Waals surface area contributed by atoms with Crippen molar-refractivity contribution in [3.63, 3.8) is 0 Å². The second-order valence-corrected chi connectivity index (χ2v) is 5.27. The molecule has 0 unspecified atom stereocenters. The van der Waals surface area contributed by atoms with Gasteiger partial charge in [-0.2, -0.15) is 0 Å². The Morgan fingerprint density at radius 2 is 1.72 bits per heavy atom. The van der Waals surface area contributed by atoms with E-state index in [2.05, 4.69) is 5.32 Å². The zero-order valence-electron chi connectivity index (χ0n) is 14.7. The molecule has 6 heteroatoms. The Bertz CT molecular complexity index is 785. The lowest BCUT2D eigenvalue weighted by atomic mass is 10.1. The Morgan fingerprint density at radius 1 is 1.00 bits per heavy atom. The first-order chi connectivity index (χ1) is 12.0. The highest BCUT2D eigenvalue weighted by molar-refractivity contribution is 6.05. The first-order valence-corrected chi connectivity index (χ1v) is 7.81. The first kappa shape index (κ1) is 18.3. The lowest BCUT2D eigenvalue weighted by molar-refractivity contribution is 0.0600. The first-order valence-electron chi connectivity index (χ1n) is 7.81. The van der Waals surface area contributed by atoms with Crippen LogP contribution < -0.4 is 14.8 Å². The second-order valence-electron chi connectivity index (χ2n) is 5.27. The van der Waals surface area contributed by atoms with Crippen LogP contribution in [-0.2, 0) is 4.74 Å². The van der Waals surface area contributed by atoms with Crippen molar-refractivity contribution in [1.82, 2.24) is 0 Å². The molecule has 0 radical (unpaired) electrons. The summed E-state index contributed by atoms with van der Waals surface area (Å²) in [6, 6.07) is 9.94. The van der Waals surface area contributed by atoms with E-state index >= 15 is 0 Å². The summed E-state index contributed by atoms with van der Waals surface area (Å²) in [7, 11) is 2.85. The van der Waals surface area contributed by atoms with E-state index in [1.54, 1.807) is 43.5 Å². The van der Waals surface area contributed by atoms with Crippen molar-refractivity contribution >= 4 is 17.6 Å². The molecule has 0 spiro atoms. The van der Waals surface area contributed by atoms with Crippen LogP contribution in [0.15, 0.2) is 36.4 Å². The standard InChI is InChI=1S/C19H21NO5/c1-5-25-17-11-13(8-9-16(17)23-3)18(21)20-15-10-14(19(22)24-4)7-6-12(15)2/h6-11H,5H2,1-4H3,(H,20,21). The molecule has 0 aromatic heterocycles. The molecule has 1 amide bonds. The van der Waals surface area contributed by atoms with Crippen LogP contribution in [0.2, 0.25) is 0 Å². The number of nitrogens with one attached hydrogen (secondary N) is 1.